The van der Waals surface area contributed by atoms with Gasteiger partial charge in [-0.15, -0.1) is 0 Å². The van der Waals surface area contributed by atoms with E-state index in [1.165, 1.54) is 22.3 Å². The highest BCUT2D eigenvalue weighted by Gasteiger charge is 2.23. The number of allylic oxidation sites excluding steroid dienone is 4. The van der Waals surface area contributed by atoms with Crippen LogP contribution in [0.3, 0.4) is 0 Å². The molecule has 100 valence electrons. The van der Waals surface area contributed by atoms with Crippen molar-refractivity contribution >= 4 is 0 Å². The van der Waals surface area contributed by atoms with Gasteiger partial charge in [-0.3, -0.25) is 0 Å². The predicted molar refractivity (Wildman–Crippen MR) is 85.8 cm³/mol. The molecule has 1 aliphatic rings. The molecular weight excluding hydrogens is 240 g/mol. The van der Waals surface area contributed by atoms with E-state index in [9.17, 15) is 0 Å². The molecule has 0 unspecified atom stereocenters. The average Bonchev–Trinajstić information content (AvgIpc) is 2.80. The van der Waals surface area contributed by atoms with Gasteiger partial charge in [0, 0.05) is 5.92 Å². The van der Waals surface area contributed by atoms with Crippen molar-refractivity contribution in [1.82, 2.24) is 0 Å². The molecule has 0 amide bonds. The third-order valence-corrected chi connectivity index (χ3v) is 4.05. The topological polar surface area (TPSA) is 0 Å². The van der Waals surface area contributed by atoms with Crippen LogP contribution >= 0.6 is 0 Å². The van der Waals surface area contributed by atoms with Crippen LogP contribution < -0.4 is 0 Å². The molecule has 0 heteroatoms. The first-order chi connectivity index (χ1) is 9.75. The van der Waals surface area contributed by atoms with Gasteiger partial charge < -0.3 is 0 Å². The van der Waals surface area contributed by atoms with E-state index in [2.05, 4.69) is 80.6 Å². The molecule has 0 saturated carbocycles. The van der Waals surface area contributed by atoms with Crippen molar-refractivity contribution in [2.24, 2.45) is 0 Å². The van der Waals surface area contributed by atoms with Crippen molar-refractivity contribution in [3.8, 4) is 0 Å². The number of hydrogen-bond donors (Lipinski definition) is 0. The summed E-state index contributed by atoms with van der Waals surface area (Å²) in [6.45, 7) is 4.47. The fraction of sp³-hybridized carbons (Fsp3) is 0.200. The van der Waals surface area contributed by atoms with Gasteiger partial charge in [-0.1, -0.05) is 83.5 Å². The second kappa shape index (κ2) is 5.50. The summed E-state index contributed by atoms with van der Waals surface area (Å²) in [5.41, 5.74) is 7.21. The molecule has 0 aliphatic heterocycles. The molecular formula is C20H20. The zero-order valence-electron chi connectivity index (χ0n) is 12.1. The lowest BCUT2D eigenvalue weighted by molar-refractivity contribution is 0.894. The van der Waals surface area contributed by atoms with Crippen LogP contribution in [0.2, 0.25) is 0 Å². The SMILES string of the molecule is CC1=CC(C)=C(C(c2ccccc2)c2ccccc2)C1. The minimum atomic E-state index is 0.381. The summed E-state index contributed by atoms with van der Waals surface area (Å²) < 4.78 is 0. The van der Waals surface area contributed by atoms with E-state index < -0.39 is 0 Å². The van der Waals surface area contributed by atoms with Gasteiger partial charge in [0.15, 0.2) is 0 Å². The van der Waals surface area contributed by atoms with Crippen LogP contribution in [-0.4, -0.2) is 0 Å². The van der Waals surface area contributed by atoms with Crippen molar-refractivity contribution < 1.29 is 0 Å². The minimum Gasteiger partial charge on any atom is -0.0690 e. The maximum absolute atomic E-state index is 2.33. The van der Waals surface area contributed by atoms with E-state index in [4.69, 9.17) is 0 Å². The molecule has 0 N–H and O–H groups in total. The van der Waals surface area contributed by atoms with Crippen molar-refractivity contribution in [1.29, 1.82) is 0 Å². The molecule has 0 aromatic heterocycles. The smallest absolute Gasteiger partial charge is 0.0307 e. The Morgan fingerprint density at radius 2 is 1.25 bits per heavy atom. The minimum absolute atomic E-state index is 0.381. The van der Waals surface area contributed by atoms with E-state index >= 15 is 0 Å². The monoisotopic (exact) mass is 260 g/mol. The van der Waals surface area contributed by atoms with Gasteiger partial charge in [0.25, 0.3) is 0 Å². The normalized spacial score (nSPS) is 14.8. The van der Waals surface area contributed by atoms with Gasteiger partial charge in [0.1, 0.15) is 0 Å². The first kappa shape index (κ1) is 12.9. The number of benzene rings is 2. The van der Waals surface area contributed by atoms with Gasteiger partial charge in [-0.25, -0.2) is 0 Å². The van der Waals surface area contributed by atoms with E-state index in [0.29, 0.717) is 5.92 Å². The summed E-state index contributed by atoms with van der Waals surface area (Å²) in [6.07, 6.45) is 3.43. The van der Waals surface area contributed by atoms with Gasteiger partial charge >= 0.3 is 0 Å². The Balaban J connectivity index is 2.09. The molecule has 3 rings (SSSR count). The lowest BCUT2D eigenvalue weighted by atomic mass is 9.82. The molecule has 0 bridgehead atoms. The van der Waals surface area contributed by atoms with Crippen LogP contribution in [0.5, 0.6) is 0 Å². The van der Waals surface area contributed by atoms with Gasteiger partial charge in [-0.05, 0) is 31.4 Å². The van der Waals surface area contributed by atoms with Crippen LogP contribution in [0.4, 0.5) is 0 Å². The number of rotatable bonds is 3. The molecule has 0 spiro atoms. The highest BCUT2D eigenvalue weighted by atomic mass is 14.3. The van der Waals surface area contributed by atoms with Gasteiger partial charge in [0.2, 0.25) is 0 Å². The van der Waals surface area contributed by atoms with Crippen LogP contribution in [-0.2, 0) is 0 Å². The van der Waals surface area contributed by atoms with E-state index in [0.717, 1.165) is 6.42 Å². The molecule has 0 atom stereocenters. The quantitative estimate of drug-likeness (QED) is 0.685. The Bertz CT molecular complexity index is 605. The third-order valence-electron chi connectivity index (χ3n) is 4.05. The zero-order chi connectivity index (χ0) is 13.9. The van der Waals surface area contributed by atoms with Crippen LogP contribution in [0, 0.1) is 0 Å². The maximum Gasteiger partial charge on any atom is 0.0307 e. The molecule has 0 fully saturated rings. The molecule has 0 radical (unpaired) electrons. The average molecular weight is 260 g/mol. The molecule has 2 aromatic carbocycles. The largest absolute Gasteiger partial charge is 0.0690 e. The molecule has 0 heterocycles. The first-order valence-corrected chi connectivity index (χ1v) is 7.22. The fourth-order valence-corrected chi connectivity index (χ4v) is 3.17. The second-order valence-corrected chi connectivity index (χ2v) is 5.63. The molecule has 20 heavy (non-hydrogen) atoms. The number of hydrogen-bond acceptors (Lipinski definition) is 0. The summed E-state index contributed by atoms with van der Waals surface area (Å²) in [7, 11) is 0. The Labute approximate surface area is 121 Å². The first-order valence-electron chi connectivity index (χ1n) is 7.22. The summed E-state index contributed by atoms with van der Waals surface area (Å²) in [5, 5.41) is 0. The standard InChI is InChI=1S/C20H20/c1-15-13-16(2)19(14-15)20(17-9-5-3-6-10-17)18-11-7-4-8-12-18/h3-13,20H,14H2,1-2H3. The third kappa shape index (κ3) is 2.46. The van der Waals surface area contributed by atoms with Gasteiger partial charge in [-0.2, -0.15) is 0 Å². The highest BCUT2D eigenvalue weighted by Crippen LogP contribution is 2.40. The van der Waals surface area contributed by atoms with E-state index in [1.54, 1.807) is 5.57 Å². The van der Waals surface area contributed by atoms with E-state index in [-0.39, 0.29) is 0 Å². The Hall–Kier alpha value is -2.08. The summed E-state index contributed by atoms with van der Waals surface area (Å²) in [4.78, 5) is 0. The van der Waals surface area contributed by atoms with Crippen molar-refractivity contribution in [2.75, 3.05) is 0 Å². The summed E-state index contributed by atoms with van der Waals surface area (Å²) >= 11 is 0. The van der Waals surface area contributed by atoms with E-state index in [1.807, 2.05) is 0 Å². The van der Waals surface area contributed by atoms with Crippen molar-refractivity contribution in [3.63, 3.8) is 0 Å². The Morgan fingerprint density at radius 3 is 1.65 bits per heavy atom. The zero-order valence-corrected chi connectivity index (χ0v) is 12.1. The predicted octanol–water partition coefficient (Wildman–Crippen LogP) is 5.49. The van der Waals surface area contributed by atoms with Crippen molar-refractivity contribution in [2.45, 2.75) is 26.2 Å². The Kier molecular flexibility index (Phi) is 3.56. The summed E-state index contributed by atoms with van der Waals surface area (Å²) in [6, 6.07) is 21.7. The van der Waals surface area contributed by atoms with Crippen LogP contribution in [0.15, 0.2) is 83.5 Å². The van der Waals surface area contributed by atoms with Gasteiger partial charge in [0.05, 0.1) is 0 Å². The maximum atomic E-state index is 2.33. The Morgan fingerprint density at radius 1 is 0.750 bits per heavy atom. The fourth-order valence-electron chi connectivity index (χ4n) is 3.17. The molecule has 0 saturated heterocycles. The van der Waals surface area contributed by atoms with Crippen LogP contribution in [0.1, 0.15) is 37.3 Å². The molecule has 0 nitrogen and oxygen atoms in total. The molecule has 1 aliphatic carbocycles. The second-order valence-electron chi connectivity index (χ2n) is 5.63. The highest BCUT2D eigenvalue weighted by molar-refractivity contribution is 5.49. The van der Waals surface area contributed by atoms with Crippen LogP contribution in [0.25, 0.3) is 0 Å². The lowest BCUT2D eigenvalue weighted by Gasteiger charge is -2.21. The van der Waals surface area contributed by atoms with Crippen molar-refractivity contribution in [3.05, 3.63) is 94.6 Å². The molecule has 2 aromatic rings. The lowest BCUT2D eigenvalue weighted by Crippen LogP contribution is -2.05. The summed E-state index contributed by atoms with van der Waals surface area (Å²) in [5.74, 6) is 0.381.